The van der Waals surface area contributed by atoms with Crippen molar-refractivity contribution in [3.8, 4) is 0 Å². The van der Waals surface area contributed by atoms with Gasteiger partial charge in [0.2, 0.25) is 23.5 Å². The molecule has 50 heavy (non-hydrogen) atoms. The lowest BCUT2D eigenvalue weighted by Gasteiger charge is -2.41. The third-order valence-corrected chi connectivity index (χ3v) is 9.90. The summed E-state index contributed by atoms with van der Waals surface area (Å²) in [5, 5.41) is 0. The molecule has 6 aromatic rings. The maximum absolute atomic E-state index is 6.54. The molecule has 0 bridgehead atoms. The molecule has 2 aromatic carbocycles. The Bertz CT molecular complexity index is 2050. The molecule has 8 rings (SSSR count). The zero-order valence-electron chi connectivity index (χ0n) is 30.7. The molecule has 8 nitrogen and oxygen atoms in total. The molecule has 8 heteroatoms. The zero-order chi connectivity index (χ0) is 35.3. The topological polar surface area (TPSA) is 65.5 Å². The highest BCUT2D eigenvalue weighted by Crippen LogP contribution is 2.57. The van der Waals surface area contributed by atoms with Crippen molar-refractivity contribution >= 4 is 46.3 Å². The van der Waals surface area contributed by atoms with Gasteiger partial charge in [-0.2, -0.15) is 0 Å². The SMILES string of the molecule is Cc1ccc(N2c3ccc(C(C)(C)C)cc3N(c3ccc(C)o3)C2C2N(c3ccc(C)o3)c3ccc(C(C)(C)C)cc3N2c2ccc(C)o2)o1. The van der Waals surface area contributed by atoms with E-state index in [1.807, 2.05) is 52.0 Å². The van der Waals surface area contributed by atoms with Crippen LogP contribution in [-0.2, 0) is 10.8 Å². The largest absolute Gasteiger partial charge is 0.445 e. The molecule has 0 radical (unpaired) electrons. The second-order valence-corrected chi connectivity index (χ2v) is 15.8. The lowest BCUT2D eigenvalue weighted by molar-refractivity contribution is 0.434. The number of rotatable bonds is 5. The predicted octanol–water partition coefficient (Wildman–Crippen LogP) is 11.8. The van der Waals surface area contributed by atoms with Crippen molar-refractivity contribution < 1.29 is 17.7 Å². The van der Waals surface area contributed by atoms with Gasteiger partial charge in [0.25, 0.3) is 0 Å². The Morgan fingerprint density at radius 2 is 0.660 bits per heavy atom. The monoisotopic (exact) mass is 670 g/mol. The summed E-state index contributed by atoms with van der Waals surface area (Å²) in [5.74, 6) is 6.29. The average Bonchev–Trinajstić information content (AvgIpc) is 3.89. The second kappa shape index (κ2) is 11.1. The molecule has 4 aromatic heterocycles. The number of furan rings is 4. The van der Waals surface area contributed by atoms with Gasteiger partial charge in [-0.15, -0.1) is 0 Å². The van der Waals surface area contributed by atoms with E-state index in [2.05, 4.69) is 122 Å². The number of aryl methyl sites for hydroxylation is 4. The molecular formula is C42H46N4O4. The van der Waals surface area contributed by atoms with Crippen LogP contribution in [0.25, 0.3) is 0 Å². The summed E-state index contributed by atoms with van der Waals surface area (Å²) < 4.78 is 26.1. The highest BCUT2D eigenvalue weighted by molar-refractivity contribution is 5.92. The lowest BCUT2D eigenvalue weighted by Crippen LogP contribution is -2.58. The van der Waals surface area contributed by atoms with Crippen molar-refractivity contribution in [1.29, 1.82) is 0 Å². The van der Waals surface area contributed by atoms with Gasteiger partial charge in [0.1, 0.15) is 23.0 Å². The van der Waals surface area contributed by atoms with Crippen LogP contribution in [0.1, 0.15) is 75.7 Å². The van der Waals surface area contributed by atoms with Crippen LogP contribution in [-0.4, -0.2) is 12.3 Å². The van der Waals surface area contributed by atoms with Crippen LogP contribution in [0, 0.1) is 27.7 Å². The summed E-state index contributed by atoms with van der Waals surface area (Å²) >= 11 is 0. The standard InChI is InChI=1S/C42H46N4O4/c1-25-11-19-35(47-25)43-31-17-15-29(41(5,6)7)23-33(31)45(37-21-13-27(3)49-37)39(43)40-44(36-20-12-26(2)48-36)32-18-16-30(42(8,9)10)24-34(32)46(40)38-22-14-28(4)50-38/h11-24,39-40H,1-10H3. The minimum absolute atomic E-state index is 0.0770. The van der Waals surface area contributed by atoms with Gasteiger partial charge in [-0.25, -0.2) is 0 Å². The van der Waals surface area contributed by atoms with E-state index in [0.29, 0.717) is 0 Å². The predicted molar refractivity (Wildman–Crippen MR) is 200 cm³/mol. The minimum atomic E-state index is -0.433. The maximum atomic E-state index is 6.54. The molecule has 0 N–H and O–H groups in total. The first kappa shape index (κ1) is 32.0. The van der Waals surface area contributed by atoms with Crippen molar-refractivity contribution in [3.05, 3.63) is 119 Å². The molecule has 2 aliphatic heterocycles. The van der Waals surface area contributed by atoms with E-state index >= 15 is 0 Å². The third-order valence-electron chi connectivity index (χ3n) is 9.90. The molecular weight excluding hydrogens is 624 g/mol. The van der Waals surface area contributed by atoms with Crippen molar-refractivity contribution in [2.24, 2.45) is 0 Å². The van der Waals surface area contributed by atoms with Crippen LogP contribution in [0.5, 0.6) is 0 Å². The Morgan fingerprint density at radius 1 is 0.380 bits per heavy atom. The van der Waals surface area contributed by atoms with Gasteiger partial charge in [0.05, 0.1) is 22.7 Å². The maximum Gasteiger partial charge on any atom is 0.201 e. The van der Waals surface area contributed by atoms with Gasteiger partial charge in [0, 0.05) is 24.3 Å². The Balaban J connectivity index is 1.46. The first-order valence-electron chi connectivity index (χ1n) is 17.4. The summed E-state index contributed by atoms with van der Waals surface area (Å²) in [5.41, 5.74) is 6.39. The molecule has 0 saturated heterocycles. The number of benzene rings is 2. The molecule has 0 fully saturated rings. The van der Waals surface area contributed by atoms with E-state index in [0.717, 1.165) is 69.3 Å². The number of fused-ring (bicyclic) bond motifs is 2. The Hall–Kier alpha value is -5.24. The van der Waals surface area contributed by atoms with Gasteiger partial charge in [0.15, 0.2) is 12.3 Å². The fraction of sp³-hybridized carbons (Fsp3) is 0.333. The molecule has 2 atom stereocenters. The number of hydrogen-bond acceptors (Lipinski definition) is 8. The fourth-order valence-electron chi connectivity index (χ4n) is 7.31. The number of nitrogens with zero attached hydrogens (tertiary/aromatic N) is 4. The van der Waals surface area contributed by atoms with Crippen LogP contribution in [0.4, 0.5) is 46.3 Å². The quantitative estimate of drug-likeness (QED) is 0.180. The second-order valence-electron chi connectivity index (χ2n) is 15.8. The molecule has 258 valence electrons. The molecule has 2 aliphatic rings. The first-order chi connectivity index (χ1) is 23.7. The van der Waals surface area contributed by atoms with Gasteiger partial charge in [-0.1, -0.05) is 53.7 Å². The number of anilines is 8. The average molecular weight is 671 g/mol. The molecule has 0 spiro atoms. The Kier molecular flexibility index (Phi) is 7.13. The highest BCUT2D eigenvalue weighted by Gasteiger charge is 2.54. The Morgan fingerprint density at radius 3 is 0.900 bits per heavy atom. The van der Waals surface area contributed by atoms with E-state index in [-0.39, 0.29) is 10.8 Å². The Labute approximate surface area is 294 Å². The van der Waals surface area contributed by atoms with E-state index in [1.165, 1.54) is 11.1 Å². The summed E-state index contributed by atoms with van der Waals surface area (Å²) in [6.07, 6.45) is -0.866. The van der Waals surface area contributed by atoms with E-state index in [1.54, 1.807) is 0 Å². The van der Waals surface area contributed by atoms with Crippen molar-refractivity contribution in [3.63, 3.8) is 0 Å². The summed E-state index contributed by atoms with van der Waals surface area (Å²) in [7, 11) is 0. The zero-order valence-corrected chi connectivity index (χ0v) is 30.7. The molecule has 6 heterocycles. The van der Waals surface area contributed by atoms with Gasteiger partial charge in [-0.05, 0) is 98.2 Å². The van der Waals surface area contributed by atoms with E-state index in [4.69, 9.17) is 17.7 Å². The molecule has 0 aliphatic carbocycles. The molecule has 0 saturated carbocycles. The van der Waals surface area contributed by atoms with Crippen molar-refractivity contribution in [1.82, 2.24) is 0 Å². The first-order valence-corrected chi connectivity index (χ1v) is 17.4. The van der Waals surface area contributed by atoms with Crippen LogP contribution in [0.3, 0.4) is 0 Å². The van der Waals surface area contributed by atoms with Crippen molar-refractivity contribution in [2.75, 3.05) is 19.6 Å². The third kappa shape index (κ3) is 5.11. The summed E-state index contributed by atoms with van der Waals surface area (Å²) in [4.78, 5) is 9.25. The van der Waals surface area contributed by atoms with Crippen LogP contribution in [0.15, 0.2) is 103 Å². The van der Waals surface area contributed by atoms with Crippen molar-refractivity contribution in [2.45, 2.75) is 92.4 Å². The summed E-state index contributed by atoms with van der Waals surface area (Å²) in [6, 6.07) is 29.9. The molecule has 2 unspecified atom stereocenters. The van der Waals surface area contributed by atoms with E-state index < -0.39 is 12.3 Å². The van der Waals surface area contributed by atoms with Gasteiger partial charge in [-0.3, -0.25) is 19.6 Å². The van der Waals surface area contributed by atoms with Gasteiger partial charge < -0.3 is 17.7 Å². The lowest BCUT2D eigenvalue weighted by atomic mass is 9.86. The fourth-order valence-corrected chi connectivity index (χ4v) is 7.31. The van der Waals surface area contributed by atoms with Gasteiger partial charge >= 0.3 is 0 Å². The number of hydrogen-bond donors (Lipinski definition) is 0. The van der Waals surface area contributed by atoms with E-state index in [9.17, 15) is 0 Å². The van der Waals surface area contributed by atoms with Crippen LogP contribution in [0.2, 0.25) is 0 Å². The van der Waals surface area contributed by atoms with Crippen LogP contribution < -0.4 is 19.6 Å². The minimum Gasteiger partial charge on any atom is -0.445 e. The van der Waals surface area contributed by atoms with Crippen LogP contribution >= 0.6 is 0 Å². The highest BCUT2D eigenvalue weighted by atomic mass is 16.4. The molecule has 0 amide bonds. The summed E-state index contributed by atoms with van der Waals surface area (Å²) in [6.45, 7) is 21.4. The normalized spacial score (nSPS) is 17.6. The smallest absolute Gasteiger partial charge is 0.201 e.